The average molecular weight is 280 g/mol. The number of amides is 3. The zero-order valence-electron chi connectivity index (χ0n) is 10.5. The number of nitrogens with zero attached hydrogens (tertiary/aromatic N) is 1. The van der Waals surface area contributed by atoms with E-state index < -0.39 is 23.5 Å². The van der Waals surface area contributed by atoms with Crippen molar-refractivity contribution in [2.24, 2.45) is 0 Å². The van der Waals surface area contributed by atoms with Gasteiger partial charge in [-0.1, -0.05) is 0 Å². The molecule has 4 N–H and O–H groups in total. The monoisotopic (exact) mass is 280 g/mol. The van der Waals surface area contributed by atoms with E-state index in [0.29, 0.717) is 5.69 Å². The van der Waals surface area contributed by atoms with Crippen molar-refractivity contribution in [3.8, 4) is 0 Å². The van der Waals surface area contributed by atoms with Gasteiger partial charge in [0.2, 0.25) is 17.7 Å². The van der Waals surface area contributed by atoms with Crippen LogP contribution in [0.3, 0.4) is 0 Å². The van der Waals surface area contributed by atoms with Crippen LogP contribution in [-0.4, -0.2) is 42.3 Å². The molecule has 8 heteroatoms. The SMILES string of the molecule is Nc1cc(NC(=O)CN2CC(=O)NC(=O)C2)ccc1F. The highest BCUT2D eigenvalue weighted by Crippen LogP contribution is 2.16. The topological polar surface area (TPSA) is 105 Å². The molecule has 0 unspecified atom stereocenters. The molecule has 1 aliphatic heterocycles. The van der Waals surface area contributed by atoms with E-state index in [1.54, 1.807) is 0 Å². The Morgan fingerprint density at radius 1 is 1.35 bits per heavy atom. The predicted octanol–water partition coefficient (Wildman–Crippen LogP) is -0.695. The van der Waals surface area contributed by atoms with Crippen LogP contribution in [0.1, 0.15) is 0 Å². The highest BCUT2D eigenvalue weighted by Gasteiger charge is 2.23. The van der Waals surface area contributed by atoms with E-state index in [9.17, 15) is 18.8 Å². The first-order chi connectivity index (χ1) is 9.44. The number of imide groups is 1. The number of rotatable bonds is 3. The van der Waals surface area contributed by atoms with Crippen LogP contribution in [0.25, 0.3) is 0 Å². The van der Waals surface area contributed by atoms with Crippen LogP contribution < -0.4 is 16.4 Å². The minimum Gasteiger partial charge on any atom is -0.396 e. The van der Waals surface area contributed by atoms with Gasteiger partial charge in [0.05, 0.1) is 25.3 Å². The maximum Gasteiger partial charge on any atom is 0.240 e. The highest BCUT2D eigenvalue weighted by atomic mass is 19.1. The second-order valence-electron chi connectivity index (χ2n) is 4.40. The fraction of sp³-hybridized carbons (Fsp3) is 0.250. The molecule has 1 fully saturated rings. The normalized spacial score (nSPS) is 15.8. The average Bonchev–Trinajstić information content (AvgIpc) is 2.32. The van der Waals surface area contributed by atoms with Crippen LogP contribution in [0.5, 0.6) is 0 Å². The quantitative estimate of drug-likeness (QED) is 0.502. The van der Waals surface area contributed by atoms with Crippen LogP contribution in [-0.2, 0) is 14.4 Å². The van der Waals surface area contributed by atoms with Crippen molar-refractivity contribution in [3.05, 3.63) is 24.0 Å². The second kappa shape index (κ2) is 5.66. The second-order valence-corrected chi connectivity index (χ2v) is 4.40. The third-order valence-corrected chi connectivity index (χ3v) is 2.66. The molecule has 1 saturated heterocycles. The molecule has 0 aliphatic carbocycles. The van der Waals surface area contributed by atoms with Gasteiger partial charge in [0.25, 0.3) is 0 Å². The molecule has 1 aromatic carbocycles. The van der Waals surface area contributed by atoms with Gasteiger partial charge < -0.3 is 11.1 Å². The van der Waals surface area contributed by atoms with Crippen LogP contribution in [0.15, 0.2) is 18.2 Å². The van der Waals surface area contributed by atoms with E-state index in [4.69, 9.17) is 5.73 Å². The molecule has 0 bridgehead atoms. The Bertz CT molecular complexity index is 560. The lowest BCUT2D eigenvalue weighted by Gasteiger charge is -2.24. The minimum atomic E-state index is -0.568. The van der Waals surface area contributed by atoms with Crippen molar-refractivity contribution < 1.29 is 18.8 Å². The third-order valence-electron chi connectivity index (χ3n) is 2.66. The van der Waals surface area contributed by atoms with Crippen LogP contribution >= 0.6 is 0 Å². The van der Waals surface area contributed by atoms with Gasteiger partial charge in [0.15, 0.2) is 0 Å². The maximum absolute atomic E-state index is 13.0. The van der Waals surface area contributed by atoms with E-state index in [1.165, 1.54) is 17.0 Å². The number of nitrogen functional groups attached to an aromatic ring is 1. The number of benzene rings is 1. The van der Waals surface area contributed by atoms with Crippen molar-refractivity contribution in [1.82, 2.24) is 10.2 Å². The lowest BCUT2D eigenvalue weighted by atomic mass is 10.2. The molecule has 0 spiro atoms. The number of halogens is 1. The lowest BCUT2D eigenvalue weighted by Crippen LogP contribution is -2.53. The summed E-state index contributed by atoms with van der Waals surface area (Å²) in [6, 6.07) is 3.81. The molecular weight excluding hydrogens is 267 g/mol. The zero-order chi connectivity index (χ0) is 14.7. The number of anilines is 2. The Labute approximate surface area is 113 Å². The van der Waals surface area contributed by atoms with Gasteiger partial charge in [-0.2, -0.15) is 0 Å². The first-order valence-electron chi connectivity index (χ1n) is 5.84. The van der Waals surface area contributed by atoms with Crippen molar-refractivity contribution in [2.45, 2.75) is 0 Å². The molecule has 3 amide bonds. The summed E-state index contributed by atoms with van der Waals surface area (Å²) < 4.78 is 13.0. The molecule has 1 aliphatic rings. The standard InChI is InChI=1S/C12H13FN4O3/c13-8-2-1-7(3-9(8)14)15-10(18)4-17-5-11(19)16-12(20)6-17/h1-3H,4-6,14H2,(H,15,18)(H,16,19,20). The third kappa shape index (κ3) is 3.51. The Kier molecular flexibility index (Phi) is 3.94. The number of piperazine rings is 1. The molecule has 0 saturated carbocycles. The Hall–Kier alpha value is -2.48. The first-order valence-corrected chi connectivity index (χ1v) is 5.84. The zero-order valence-corrected chi connectivity index (χ0v) is 10.5. The number of nitrogens with one attached hydrogen (secondary N) is 2. The molecule has 0 aromatic heterocycles. The molecule has 1 aromatic rings. The summed E-state index contributed by atoms with van der Waals surface area (Å²) in [6.07, 6.45) is 0. The number of hydrogen-bond acceptors (Lipinski definition) is 5. The number of hydrogen-bond donors (Lipinski definition) is 3. The number of carbonyl (C=O) groups is 3. The van der Waals surface area contributed by atoms with Crippen molar-refractivity contribution in [3.63, 3.8) is 0 Å². The smallest absolute Gasteiger partial charge is 0.240 e. The van der Waals surface area contributed by atoms with E-state index in [-0.39, 0.29) is 25.3 Å². The van der Waals surface area contributed by atoms with Crippen molar-refractivity contribution >= 4 is 29.1 Å². The summed E-state index contributed by atoms with van der Waals surface area (Å²) >= 11 is 0. The van der Waals surface area contributed by atoms with Gasteiger partial charge in [-0.3, -0.25) is 24.6 Å². The molecule has 0 radical (unpaired) electrons. The minimum absolute atomic E-state index is 0.0231. The highest BCUT2D eigenvalue weighted by molar-refractivity contribution is 6.00. The fourth-order valence-electron chi connectivity index (χ4n) is 1.83. The van der Waals surface area contributed by atoms with Crippen LogP contribution in [0, 0.1) is 5.82 Å². The molecule has 7 nitrogen and oxygen atoms in total. The van der Waals surface area contributed by atoms with E-state index in [2.05, 4.69) is 10.6 Å². The summed E-state index contributed by atoms with van der Waals surface area (Å²) in [4.78, 5) is 35.5. The summed E-state index contributed by atoms with van der Waals surface area (Å²) in [5.41, 5.74) is 5.66. The number of nitrogens with two attached hydrogens (primary N) is 1. The molecule has 0 atom stereocenters. The summed E-state index contributed by atoms with van der Waals surface area (Å²) in [5.74, 6) is -1.88. The van der Waals surface area contributed by atoms with Crippen LogP contribution in [0.2, 0.25) is 0 Å². The molecule has 106 valence electrons. The largest absolute Gasteiger partial charge is 0.396 e. The van der Waals surface area contributed by atoms with E-state index in [0.717, 1.165) is 6.07 Å². The summed E-state index contributed by atoms with van der Waals surface area (Å²) in [7, 11) is 0. The molecule has 1 heterocycles. The molecule has 2 rings (SSSR count). The van der Waals surface area contributed by atoms with Gasteiger partial charge in [-0.05, 0) is 18.2 Å². The Morgan fingerprint density at radius 2 is 2.00 bits per heavy atom. The van der Waals surface area contributed by atoms with Gasteiger partial charge in [-0.15, -0.1) is 0 Å². The first kappa shape index (κ1) is 13.9. The summed E-state index contributed by atoms with van der Waals surface area (Å²) in [5, 5.41) is 4.65. The van der Waals surface area contributed by atoms with E-state index >= 15 is 0 Å². The molecule has 20 heavy (non-hydrogen) atoms. The van der Waals surface area contributed by atoms with Gasteiger partial charge in [0, 0.05) is 5.69 Å². The van der Waals surface area contributed by atoms with Gasteiger partial charge >= 0.3 is 0 Å². The van der Waals surface area contributed by atoms with E-state index in [1.807, 2.05) is 0 Å². The maximum atomic E-state index is 13.0. The van der Waals surface area contributed by atoms with Crippen molar-refractivity contribution in [2.75, 3.05) is 30.7 Å². The van der Waals surface area contributed by atoms with Crippen molar-refractivity contribution in [1.29, 1.82) is 0 Å². The number of carbonyl (C=O) groups excluding carboxylic acids is 3. The predicted molar refractivity (Wildman–Crippen MR) is 69.0 cm³/mol. The fourth-order valence-corrected chi connectivity index (χ4v) is 1.83. The van der Waals surface area contributed by atoms with Gasteiger partial charge in [-0.25, -0.2) is 4.39 Å². The van der Waals surface area contributed by atoms with Gasteiger partial charge in [0.1, 0.15) is 5.82 Å². The lowest BCUT2D eigenvalue weighted by molar-refractivity contribution is -0.136. The molecular formula is C12H13FN4O3. The van der Waals surface area contributed by atoms with Crippen LogP contribution in [0.4, 0.5) is 15.8 Å². The Balaban J connectivity index is 1.93. The Morgan fingerprint density at radius 3 is 2.60 bits per heavy atom. The summed E-state index contributed by atoms with van der Waals surface area (Å²) in [6.45, 7) is -0.161.